The van der Waals surface area contributed by atoms with Crippen molar-refractivity contribution >= 4 is 11.3 Å². The van der Waals surface area contributed by atoms with Gasteiger partial charge >= 0.3 is 0 Å². The highest BCUT2D eigenvalue weighted by Crippen LogP contribution is 2.26. The summed E-state index contributed by atoms with van der Waals surface area (Å²) in [7, 11) is 0. The monoisotopic (exact) mass is 292 g/mol. The summed E-state index contributed by atoms with van der Waals surface area (Å²) >= 11 is 1.72. The highest BCUT2D eigenvalue weighted by atomic mass is 32.1. The number of hydrogen-bond donors (Lipinski definition) is 1. The Morgan fingerprint density at radius 3 is 2.60 bits per heavy atom. The summed E-state index contributed by atoms with van der Waals surface area (Å²) < 4.78 is 11.2. The van der Waals surface area contributed by atoms with Gasteiger partial charge in [-0.1, -0.05) is 12.1 Å². The molecule has 20 heavy (non-hydrogen) atoms. The number of para-hydroxylation sites is 2. The fourth-order valence-electron chi connectivity index (χ4n) is 1.78. The van der Waals surface area contributed by atoms with Gasteiger partial charge in [-0.2, -0.15) is 0 Å². The van der Waals surface area contributed by atoms with Crippen LogP contribution < -0.4 is 14.8 Å². The maximum atomic E-state index is 5.73. The van der Waals surface area contributed by atoms with Crippen molar-refractivity contribution in [3.05, 3.63) is 40.3 Å². The van der Waals surface area contributed by atoms with E-state index >= 15 is 0 Å². The summed E-state index contributed by atoms with van der Waals surface area (Å²) in [4.78, 5) is 5.47. The fraction of sp³-hybridized carbons (Fsp3) is 0.400. The lowest BCUT2D eigenvalue weighted by Gasteiger charge is -2.11. The van der Waals surface area contributed by atoms with Crippen LogP contribution in [0.3, 0.4) is 0 Å². The van der Waals surface area contributed by atoms with Gasteiger partial charge in [-0.3, -0.25) is 0 Å². The predicted octanol–water partition coefficient (Wildman–Crippen LogP) is 3.02. The molecule has 1 heterocycles. The number of hydrogen-bond acceptors (Lipinski definition) is 5. The Labute approximate surface area is 123 Å². The van der Waals surface area contributed by atoms with E-state index < -0.39 is 0 Å². The molecular weight excluding hydrogens is 272 g/mol. The van der Waals surface area contributed by atoms with Crippen molar-refractivity contribution < 1.29 is 9.47 Å². The predicted molar refractivity (Wildman–Crippen MR) is 81.7 cm³/mol. The Hall–Kier alpha value is -1.59. The minimum absolute atomic E-state index is 0.613. The Balaban J connectivity index is 1.70. The Morgan fingerprint density at radius 1 is 1.20 bits per heavy atom. The molecule has 0 saturated carbocycles. The highest BCUT2D eigenvalue weighted by molar-refractivity contribution is 7.11. The van der Waals surface area contributed by atoms with Gasteiger partial charge in [0.05, 0.1) is 11.6 Å². The van der Waals surface area contributed by atoms with Crippen LogP contribution in [0.1, 0.15) is 16.8 Å². The summed E-state index contributed by atoms with van der Waals surface area (Å²) in [6.07, 6.45) is 1.91. The van der Waals surface area contributed by atoms with E-state index in [1.54, 1.807) is 11.3 Å². The number of ether oxygens (including phenoxy) is 2. The molecule has 0 aliphatic rings. The summed E-state index contributed by atoms with van der Waals surface area (Å²) in [5, 5.41) is 4.44. The van der Waals surface area contributed by atoms with Gasteiger partial charge in [-0.15, -0.1) is 11.3 Å². The molecule has 0 amide bonds. The van der Waals surface area contributed by atoms with E-state index in [4.69, 9.17) is 9.47 Å². The molecule has 1 aromatic carbocycles. The van der Waals surface area contributed by atoms with Gasteiger partial charge in [0.1, 0.15) is 6.61 Å². The van der Waals surface area contributed by atoms with Gasteiger partial charge in [0.25, 0.3) is 0 Å². The van der Waals surface area contributed by atoms with Gasteiger partial charge < -0.3 is 14.8 Å². The molecule has 0 spiro atoms. The van der Waals surface area contributed by atoms with Crippen molar-refractivity contribution in [1.29, 1.82) is 0 Å². The van der Waals surface area contributed by atoms with Crippen molar-refractivity contribution in [2.75, 3.05) is 19.8 Å². The van der Waals surface area contributed by atoms with Crippen molar-refractivity contribution in [3.63, 3.8) is 0 Å². The fourth-order valence-corrected chi connectivity index (χ4v) is 2.54. The second kappa shape index (κ2) is 7.87. The number of rotatable bonds is 8. The molecule has 0 atom stereocenters. The first-order valence-corrected chi connectivity index (χ1v) is 7.58. The van der Waals surface area contributed by atoms with Crippen molar-refractivity contribution in [2.24, 2.45) is 0 Å². The Morgan fingerprint density at radius 2 is 1.95 bits per heavy atom. The van der Waals surface area contributed by atoms with Crippen LogP contribution in [0.5, 0.6) is 11.5 Å². The molecule has 108 valence electrons. The van der Waals surface area contributed by atoms with Gasteiger partial charge in [0, 0.05) is 24.2 Å². The van der Waals surface area contributed by atoms with E-state index in [9.17, 15) is 0 Å². The molecule has 0 unspecified atom stereocenters. The number of thiazole rings is 1. The zero-order valence-corrected chi connectivity index (χ0v) is 12.7. The first-order valence-electron chi connectivity index (χ1n) is 6.76. The zero-order valence-electron chi connectivity index (χ0n) is 11.9. The highest BCUT2D eigenvalue weighted by Gasteiger charge is 2.03. The van der Waals surface area contributed by atoms with E-state index in [1.165, 1.54) is 4.88 Å². The van der Waals surface area contributed by atoms with Crippen molar-refractivity contribution in [1.82, 2.24) is 10.3 Å². The third-order valence-electron chi connectivity index (χ3n) is 2.65. The van der Waals surface area contributed by atoms with Crippen molar-refractivity contribution in [3.8, 4) is 11.5 Å². The van der Waals surface area contributed by atoms with E-state index in [0.717, 1.165) is 29.6 Å². The van der Waals surface area contributed by atoms with Crippen LogP contribution in [-0.4, -0.2) is 24.7 Å². The first-order chi connectivity index (χ1) is 9.79. The second-order valence-corrected chi connectivity index (χ2v) is 5.57. The van der Waals surface area contributed by atoms with E-state index in [1.807, 2.05) is 44.3 Å². The number of benzene rings is 1. The largest absolute Gasteiger partial charge is 0.490 e. The quantitative estimate of drug-likeness (QED) is 0.760. The summed E-state index contributed by atoms with van der Waals surface area (Å²) in [6.45, 7) is 6.86. The molecule has 0 aliphatic heterocycles. The van der Waals surface area contributed by atoms with Gasteiger partial charge in [0.15, 0.2) is 11.5 Å². The number of aryl methyl sites for hydroxylation is 1. The Kier molecular flexibility index (Phi) is 5.83. The topological polar surface area (TPSA) is 43.4 Å². The summed E-state index contributed by atoms with van der Waals surface area (Å²) in [5.74, 6) is 1.60. The van der Waals surface area contributed by atoms with Crippen LogP contribution in [-0.2, 0) is 6.54 Å². The SMILES string of the molecule is CCOc1ccccc1OCCNCc1cnc(C)s1. The normalized spacial score (nSPS) is 10.5. The lowest BCUT2D eigenvalue weighted by Crippen LogP contribution is -2.20. The maximum Gasteiger partial charge on any atom is 0.161 e. The molecule has 0 bridgehead atoms. The molecule has 4 nitrogen and oxygen atoms in total. The van der Waals surface area contributed by atoms with Crippen LogP contribution in [0.25, 0.3) is 0 Å². The Bertz CT molecular complexity index is 528. The minimum atomic E-state index is 0.613. The number of nitrogens with zero attached hydrogens (tertiary/aromatic N) is 1. The molecule has 2 rings (SSSR count). The van der Waals surface area contributed by atoms with Crippen LogP contribution in [0.4, 0.5) is 0 Å². The van der Waals surface area contributed by atoms with E-state index in [0.29, 0.717) is 13.2 Å². The second-order valence-electron chi connectivity index (χ2n) is 4.25. The van der Waals surface area contributed by atoms with Crippen LogP contribution in [0.2, 0.25) is 0 Å². The number of aromatic nitrogens is 1. The lowest BCUT2D eigenvalue weighted by molar-refractivity contribution is 0.276. The van der Waals surface area contributed by atoms with Gasteiger partial charge in [-0.05, 0) is 26.0 Å². The molecule has 0 aliphatic carbocycles. The van der Waals surface area contributed by atoms with Crippen molar-refractivity contribution in [2.45, 2.75) is 20.4 Å². The lowest BCUT2D eigenvalue weighted by atomic mass is 10.3. The first kappa shape index (κ1) is 14.8. The molecule has 5 heteroatoms. The standard InChI is InChI=1S/C15H20N2O2S/c1-3-18-14-6-4-5-7-15(14)19-9-8-16-10-13-11-17-12(2)20-13/h4-7,11,16H,3,8-10H2,1-2H3. The van der Waals surface area contributed by atoms with Gasteiger partial charge in [-0.25, -0.2) is 4.98 Å². The molecule has 2 aromatic rings. The van der Waals surface area contributed by atoms with Crippen LogP contribution in [0, 0.1) is 6.92 Å². The molecule has 0 radical (unpaired) electrons. The van der Waals surface area contributed by atoms with Crippen LogP contribution >= 0.6 is 11.3 Å². The third-order valence-corrected chi connectivity index (χ3v) is 3.57. The molecule has 0 saturated heterocycles. The molecule has 1 N–H and O–H groups in total. The summed E-state index contributed by atoms with van der Waals surface area (Å²) in [5.41, 5.74) is 0. The molecular formula is C15H20N2O2S. The molecule has 0 fully saturated rings. The third kappa shape index (κ3) is 4.51. The molecule has 1 aromatic heterocycles. The smallest absolute Gasteiger partial charge is 0.161 e. The number of nitrogens with one attached hydrogen (secondary N) is 1. The summed E-state index contributed by atoms with van der Waals surface area (Å²) in [6, 6.07) is 7.75. The maximum absolute atomic E-state index is 5.73. The minimum Gasteiger partial charge on any atom is -0.490 e. The van der Waals surface area contributed by atoms with Crippen LogP contribution in [0.15, 0.2) is 30.5 Å². The zero-order chi connectivity index (χ0) is 14.2. The van der Waals surface area contributed by atoms with Gasteiger partial charge in [0.2, 0.25) is 0 Å². The van der Waals surface area contributed by atoms with E-state index in [-0.39, 0.29) is 0 Å². The average Bonchev–Trinajstić information content (AvgIpc) is 2.86. The van der Waals surface area contributed by atoms with E-state index in [2.05, 4.69) is 10.3 Å². The average molecular weight is 292 g/mol.